The fraction of sp³-hybridized carbons (Fsp3) is 0.143. The molecule has 0 fully saturated rings. The molecule has 0 atom stereocenters. The van der Waals surface area contributed by atoms with Crippen LogP contribution in [0.15, 0.2) is 47.4 Å². The number of sulfonamides is 1. The van der Waals surface area contributed by atoms with Crippen molar-refractivity contribution in [2.45, 2.75) is 11.8 Å². The minimum atomic E-state index is -3.87. The number of anilines is 1. The van der Waals surface area contributed by atoms with E-state index in [1.54, 1.807) is 24.3 Å². The van der Waals surface area contributed by atoms with Gasteiger partial charge in [0.15, 0.2) is 0 Å². The SMILES string of the molecule is COc1ccc(C)cc1NS(=O)(=O)c1ccccc1O. The topological polar surface area (TPSA) is 75.6 Å². The molecule has 2 aromatic rings. The number of phenolic OH excluding ortho intramolecular Hbond substituents is 1. The van der Waals surface area contributed by atoms with Crippen molar-refractivity contribution in [2.24, 2.45) is 0 Å². The maximum Gasteiger partial charge on any atom is 0.265 e. The quantitative estimate of drug-likeness (QED) is 0.908. The predicted molar refractivity (Wildman–Crippen MR) is 76.6 cm³/mol. The molecule has 20 heavy (non-hydrogen) atoms. The third-order valence-corrected chi connectivity index (χ3v) is 4.17. The molecule has 0 aromatic heterocycles. The Kier molecular flexibility index (Phi) is 3.85. The highest BCUT2D eigenvalue weighted by atomic mass is 32.2. The van der Waals surface area contributed by atoms with E-state index in [1.807, 2.05) is 13.0 Å². The Morgan fingerprint density at radius 1 is 1.15 bits per heavy atom. The third-order valence-electron chi connectivity index (χ3n) is 2.75. The summed E-state index contributed by atoms with van der Waals surface area (Å²) in [6.07, 6.45) is 0. The minimum Gasteiger partial charge on any atom is -0.507 e. The molecule has 0 heterocycles. The summed E-state index contributed by atoms with van der Waals surface area (Å²) in [5.74, 6) is 0.112. The van der Waals surface area contributed by atoms with E-state index >= 15 is 0 Å². The van der Waals surface area contributed by atoms with Crippen LogP contribution in [0, 0.1) is 6.92 Å². The Labute approximate surface area is 117 Å². The van der Waals surface area contributed by atoms with Crippen LogP contribution in [0.25, 0.3) is 0 Å². The van der Waals surface area contributed by atoms with E-state index in [0.717, 1.165) is 5.56 Å². The molecule has 0 saturated heterocycles. The van der Waals surface area contributed by atoms with Gasteiger partial charge in [0.1, 0.15) is 16.4 Å². The monoisotopic (exact) mass is 293 g/mol. The van der Waals surface area contributed by atoms with Gasteiger partial charge in [-0.1, -0.05) is 18.2 Å². The van der Waals surface area contributed by atoms with Gasteiger partial charge in [-0.2, -0.15) is 0 Å². The lowest BCUT2D eigenvalue weighted by Gasteiger charge is -2.13. The number of hydrogen-bond donors (Lipinski definition) is 2. The second-order valence-electron chi connectivity index (χ2n) is 4.28. The largest absolute Gasteiger partial charge is 0.507 e. The predicted octanol–water partition coefficient (Wildman–Crippen LogP) is 2.51. The van der Waals surface area contributed by atoms with Gasteiger partial charge in [-0.05, 0) is 36.8 Å². The zero-order valence-corrected chi connectivity index (χ0v) is 11.9. The molecule has 0 amide bonds. The van der Waals surface area contributed by atoms with Gasteiger partial charge < -0.3 is 9.84 Å². The maximum atomic E-state index is 12.3. The summed E-state index contributed by atoms with van der Waals surface area (Å²) in [6.45, 7) is 1.84. The summed E-state index contributed by atoms with van der Waals surface area (Å²) < 4.78 is 32.1. The van der Waals surface area contributed by atoms with Crippen molar-refractivity contribution in [1.29, 1.82) is 0 Å². The number of aromatic hydroxyl groups is 1. The van der Waals surface area contributed by atoms with E-state index in [-0.39, 0.29) is 10.6 Å². The van der Waals surface area contributed by atoms with Crippen LogP contribution >= 0.6 is 0 Å². The molecule has 0 aliphatic heterocycles. The van der Waals surface area contributed by atoms with Gasteiger partial charge in [-0.3, -0.25) is 4.72 Å². The van der Waals surface area contributed by atoms with Crippen LogP contribution in [0.1, 0.15) is 5.56 Å². The van der Waals surface area contributed by atoms with Gasteiger partial charge in [0.25, 0.3) is 10.0 Å². The van der Waals surface area contributed by atoms with Crippen molar-refractivity contribution in [1.82, 2.24) is 0 Å². The van der Waals surface area contributed by atoms with E-state index in [4.69, 9.17) is 4.74 Å². The molecule has 0 spiro atoms. The second kappa shape index (κ2) is 5.42. The summed E-state index contributed by atoms with van der Waals surface area (Å²) in [4.78, 5) is -0.177. The fourth-order valence-corrected chi connectivity index (χ4v) is 2.95. The number of nitrogens with one attached hydrogen (secondary N) is 1. The lowest BCUT2D eigenvalue weighted by molar-refractivity contribution is 0.416. The zero-order valence-electron chi connectivity index (χ0n) is 11.1. The molecule has 2 rings (SSSR count). The molecule has 0 unspecified atom stereocenters. The number of benzene rings is 2. The molecule has 2 aromatic carbocycles. The van der Waals surface area contributed by atoms with Gasteiger partial charge in [0.05, 0.1) is 12.8 Å². The average molecular weight is 293 g/mol. The van der Waals surface area contributed by atoms with E-state index in [0.29, 0.717) is 11.4 Å². The van der Waals surface area contributed by atoms with Crippen molar-refractivity contribution >= 4 is 15.7 Å². The van der Waals surface area contributed by atoms with E-state index in [1.165, 1.54) is 19.2 Å². The van der Waals surface area contributed by atoms with Crippen LogP contribution in [-0.2, 0) is 10.0 Å². The standard InChI is InChI=1S/C14H15NO4S/c1-10-7-8-13(19-2)11(9-10)15-20(17,18)14-6-4-3-5-12(14)16/h3-9,15-16H,1-2H3. The van der Waals surface area contributed by atoms with Gasteiger partial charge in [-0.25, -0.2) is 8.42 Å². The Bertz CT molecular complexity index is 726. The first-order chi connectivity index (χ1) is 9.44. The molecule has 0 aliphatic carbocycles. The second-order valence-corrected chi connectivity index (χ2v) is 5.93. The average Bonchev–Trinajstić information content (AvgIpc) is 2.39. The highest BCUT2D eigenvalue weighted by Gasteiger charge is 2.19. The van der Waals surface area contributed by atoms with Crippen LogP contribution in [0.3, 0.4) is 0 Å². The van der Waals surface area contributed by atoms with Crippen molar-refractivity contribution in [3.05, 3.63) is 48.0 Å². The third kappa shape index (κ3) is 2.85. The van der Waals surface area contributed by atoms with Crippen LogP contribution in [0.4, 0.5) is 5.69 Å². The molecular weight excluding hydrogens is 278 g/mol. The van der Waals surface area contributed by atoms with Gasteiger partial charge in [-0.15, -0.1) is 0 Å². The molecule has 0 aliphatic rings. The molecule has 2 N–H and O–H groups in total. The van der Waals surface area contributed by atoms with Gasteiger partial charge in [0, 0.05) is 0 Å². The first-order valence-electron chi connectivity index (χ1n) is 5.89. The van der Waals surface area contributed by atoms with Crippen LogP contribution in [-0.4, -0.2) is 20.6 Å². The summed E-state index contributed by atoms with van der Waals surface area (Å²) in [5.41, 5.74) is 1.22. The lowest BCUT2D eigenvalue weighted by atomic mass is 10.2. The number of ether oxygens (including phenoxy) is 1. The number of rotatable bonds is 4. The summed E-state index contributed by atoms with van der Waals surface area (Å²) in [7, 11) is -2.41. The Morgan fingerprint density at radius 3 is 2.50 bits per heavy atom. The summed E-state index contributed by atoms with van der Waals surface area (Å²) in [5, 5.41) is 9.65. The van der Waals surface area contributed by atoms with Crippen molar-refractivity contribution in [3.8, 4) is 11.5 Å². The highest BCUT2D eigenvalue weighted by molar-refractivity contribution is 7.92. The zero-order chi connectivity index (χ0) is 14.8. The van der Waals surface area contributed by atoms with Crippen molar-refractivity contribution < 1.29 is 18.3 Å². The molecule has 5 nitrogen and oxygen atoms in total. The first-order valence-corrected chi connectivity index (χ1v) is 7.38. The van der Waals surface area contributed by atoms with Crippen molar-refractivity contribution in [2.75, 3.05) is 11.8 Å². The molecule has 0 radical (unpaired) electrons. The summed E-state index contributed by atoms with van der Waals surface area (Å²) >= 11 is 0. The van der Waals surface area contributed by atoms with Gasteiger partial charge in [0.2, 0.25) is 0 Å². The maximum absolute atomic E-state index is 12.3. The lowest BCUT2D eigenvalue weighted by Crippen LogP contribution is -2.13. The minimum absolute atomic E-state index is 0.177. The van der Waals surface area contributed by atoms with Crippen LogP contribution < -0.4 is 9.46 Å². The van der Waals surface area contributed by atoms with Crippen molar-refractivity contribution in [3.63, 3.8) is 0 Å². The molecule has 106 valence electrons. The number of hydrogen-bond acceptors (Lipinski definition) is 4. The molecule has 0 bridgehead atoms. The Balaban J connectivity index is 2.44. The summed E-state index contributed by atoms with van der Waals surface area (Å²) in [6, 6.07) is 10.9. The van der Waals surface area contributed by atoms with Crippen LogP contribution in [0.5, 0.6) is 11.5 Å². The van der Waals surface area contributed by atoms with E-state index in [9.17, 15) is 13.5 Å². The Hall–Kier alpha value is -2.21. The molecular formula is C14H15NO4S. The first kappa shape index (κ1) is 14.2. The Morgan fingerprint density at radius 2 is 1.85 bits per heavy atom. The number of methoxy groups -OCH3 is 1. The number of phenols is 1. The van der Waals surface area contributed by atoms with Crippen LogP contribution in [0.2, 0.25) is 0 Å². The molecule has 0 saturated carbocycles. The normalized spacial score (nSPS) is 11.1. The number of aryl methyl sites for hydroxylation is 1. The molecule has 6 heteroatoms. The fourth-order valence-electron chi connectivity index (χ4n) is 1.79. The van der Waals surface area contributed by atoms with E-state index < -0.39 is 10.0 Å². The number of para-hydroxylation sites is 1. The highest BCUT2D eigenvalue weighted by Crippen LogP contribution is 2.30. The van der Waals surface area contributed by atoms with E-state index in [2.05, 4.69) is 4.72 Å². The van der Waals surface area contributed by atoms with Gasteiger partial charge >= 0.3 is 0 Å². The smallest absolute Gasteiger partial charge is 0.265 e.